The van der Waals surface area contributed by atoms with Gasteiger partial charge in [0.05, 0.1) is 0 Å². The summed E-state index contributed by atoms with van der Waals surface area (Å²) in [5.41, 5.74) is 6.82. The van der Waals surface area contributed by atoms with Crippen molar-refractivity contribution < 1.29 is 0 Å². The van der Waals surface area contributed by atoms with E-state index in [0.29, 0.717) is 10.9 Å². The molecule has 2 aromatic rings. The van der Waals surface area contributed by atoms with Gasteiger partial charge in [-0.3, -0.25) is 10.4 Å². The van der Waals surface area contributed by atoms with Crippen molar-refractivity contribution in [1.82, 2.24) is 15.0 Å². The Hall–Kier alpha value is -1.95. The summed E-state index contributed by atoms with van der Waals surface area (Å²) in [6.45, 7) is 1.94. The van der Waals surface area contributed by atoms with E-state index in [4.69, 9.17) is 11.1 Å². The number of pyridine rings is 1. The third kappa shape index (κ3) is 3.01. The van der Waals surface area contributed by atoms with Gasteiger partial charge in [-0.25, -0.2) is 9.97 Å². The molecule has 0 spiro atoms. The molecular weight excluding hydrogens is 234 g/mol. The van der Waals surface area contributed by atoms with Crippen molar-refractivity contribution in [3.8, 4) is 0 Å². The number of nitrogens with two attached hydrogens (primary N) is 1. The Morgan fingerprint density at radius 2 is 1.88 bits per heavy atom. The number of nitrogens with zero attached hydrogens (tertiary/aromatic N) is 3. The maximum absolute atomic E-state index is 7.23. The Kier molecular flexibility index (Phi) is 3.34. The molecular formula is C11H11N5S. The van der Waals surface area contributed by atoms with Gasteiger partial charge < -0.3 is 5.73 Å². The Balaban J connectivity index is 2.13. The molecule has 3 N–H and O–H groups in total. The Labute approximate surface area is 103 Å². The first-order valence-corrected chi connectivity index (χ1v) is 5.74. The van der Waals surface area contributed by atoms with Crippen LogP contribution in [0.25, 0.3) is 0 Å². The minimum Gasteiger partial charge on any atom is -0.382 e. The smallest absolute Gasteiger partial charge is 0.192 e. The number of nitrogen functional groups attached to an aromatic ring is 1. The molecule has 17 heavy (non-hydrogen) atoms. The summed E-state index contributed by atoms with van der Waals surface area (Å²) in [5.74, 6) is -0.0341. The zero-order chi connectivity index (χ0) is 12.3. The molecule has 2 aromatic heterocycles. The SMILES string of the molecule is Cc1cnc(Sc2ccc(C(=N)N)nc2)nc1. The highest BCUT2D eigenvalue weighted by molar-refractivity contribution is 7.99. The van der Waals surface area contributed by atoms with Crippen LogP contribution >= 0.6 is 11.8 Å². The Bertz CT molecular complexity index is 521. The van der Waals surface area contributed by atoms with E-state index in [1.807, 2.05) is 13.0 Å². The van der Waals surface area contributed by atoms with Crippen LogP contribution in [0.15, 0.2) is 40.8 Å². The van der Waals surface area contributed by atoms with E-state index in [2.05, 4.69) is 15.0 Å². The third-order valence-electron chi connectivity index (χ3n) is 1.98. The normalized spacial score (nSPS) is 10.2. The summed E-state index contributed by atoms with van der Waals surface area (Å²) in [5, 5.41) is 7.91. The fraction of sp³-hybridized carbons (Fsp3) is 0.0909. The third-order valence-corrected chi connectivity index (χ3v) is 2.85. The molecule has 0 aliphatic heterocycles. The van der Waals surface area contributed by atoms with Crippen molar-refractivity contribution in [3.05, 3.63) is 42.0 Å². The van der Waals surface area contributed by atoms with Gasteiger partial charge in [-0.1, -0.05) is 0 Å². The number of amidine groups is 1. The van der Waals surface area contributed by atoms with E-state index < -0.39 is 0 Å². The van der Waals surface area contributed by atoms with Crippen molar-refractivity contribution in [3.63, 3.8) is 0 Å². The molecule has 0 radical (unpaired) electrons. The van der Waals surface area contributed by atoms with Gasteiger partial charge in [-0.2, -0.15) is 0 Å². The molecule has 2 rings (SSSR count). The lowest BCUT2D eigenvalue weighted by atomic mass is 10.3. The number of nitrogens with one attached hydrogen (secondary N) is 1. The number of rotatable bonds is 3. The molecule has 0 aromatic carbocycles. The summed E-state index contributed by atoms with van der Waals surface area (Å²) in [6.07, 6.45) is 5.20. The fourth-order valence-corrected chi connectivity index (χ4v) is 1.80. The molecule has 0 unspecified atom stereocenters. The molecule has 5 nitrogen and oxygen atoms in total. The molecule has 0 bridgehead atoms. The van der Waals surface area contributed by atoms with E-state index >= 15 is 0 Å². The first-order valence-electron chi connectivity index (χ1n) is 4.92. The highest BCUT2D eigenvalue weighted by atomic mass is 32.2. The highest BCUT2D eigenvalue weighted by Gasteiger charge is 2.02. The molecule has 0 fully saturated rings. The molecule has 0 aliphatic carbocycles. The van der Waals surface area contributed by atoms with E-state index in [-0.39, 0.29) is 5.84 Å². The standard InChI is InChI=1S/C11H11N5S/c1-7-4-15-11(16-5-7)17-8-2-3-9(10(12)13)14-6-8/h2-6H,1H3,(H3,12,13). The molecule has 0 aliphatic rings. The lowest BCUT2D eigenvalue weighted by Gasteiger charge is -2.01. The summed E-state index contributed by atoms with van der Waals surface area (Å²) in [6, 6.07) is 3.55. The minimum absolute atomic E-state index is 0.0341. The average molecular weight is 245 g/mol. The zero-order valence-electron chi connectivity index (χ0n) is 9.21. The van der Waals surface area contributed by atoms with Gasteiger partial charge in [0.15, 0.2) is 5.16 Å². The van der Waals surface area contributed by atoms with Crippen molar-refractivity contribution in [2.45, 2.75) is 17.0 Å². The van der Waals surface area contributed by atoms with Crippen LogP contribution in [0.4, 0.5) is 0 Å². The first kappa shape index (κ1) is 11.5. The number of hydrogen-bond donors (Lipinski definition) is 2. The van der Waals surface area contributed by atoms with Crippen LogP contribution in [0.5, 0.6) is 0 Å². The van der Waals surface area contributed by atoms with Crippen molar-refractivity contribution in [2.75, 3.05) is 0 Å². The average Bonchev–Trinajstić information content (AvgIpc) is 2.33. The Morgan fingerprint density at radius 3 is 2.41 bits per heavy atom. The van der Waals surface area contributed by atoms with Crippen molar-refractivity contribution in [1.29, 1.82) is 5.41 Å². The van der Waals surface area contributed by atoms with Gasteiger partial charge in [0, 0.05) is 23.5 Å². The maximum Gasteiger partial charge on any atom is 0.192 e. The highest BCUT2D eigenvalue weighted by Crippen LogP contribution is 2.23. The van der Waals surface area contributed by atoms with Crippen LogP contribution in [-0.2, 0) is 0 Å². The van der Waals surface area contributed by atoms with Gasteiger partial charge in [-0.05, 0) is 36.4 Å². The van der Waals surface area contributed by atoms with Crippen LogP contribution in [0.2, 0.25) is 0 Å². The minimum atomic E-state index is -0.0341. The monoisotopic (exact) mass is 245 g/mol. The fourth-order valence-electron chi connectivity index (χ4n) is 1.14. The topological polar surface area (TPSA) is 88.5 Å². The summed E-state index contributed by atoms with van der Waals surface area (Å²) in [7, 11) is 0. The lowest BCUT2D eigenvalue weighted by molar-refractivity contribution is 0.949. The second kappa shape index (κ2) is 4.92. The van der Waals surface area contributed by atoms with Crippen LogP contribution in [0.1, 0.15) is 11.3 Å². The van der Waals surface area contributed by atoms with E-state index in [1.165, 1.54) is 11.8 Å². The molecule has 0 amide bonds. The molecule has 0 saturated heterocycles. The van der Waals surface area contributed by atoms with Gasteiger partial charge >= 0.3 is 0 Å². The van der Waals surface area contributed by atoms with E-state index in [1.54, 1.807) is 24.7 Å². The molecule has 86 valence electrons. The van der Waals surface area contributed by atoms with Crippen LogP contribution in [0, 0.1) is 12.3 Å². The maximum atomic E-state index is 7.23. The van der Waals surface area contributed by atoms with Gasteiger partial charge in [0.2, 0.25) is 0 Å². The lowest BCUT2D eigenvalue weighted by Crippen LogP contribution is -2.12. The predicted octanol–water partition coefficient (Wildman–Crippen LogP) is 1.62. The second-order valence-corrected chi connectivity index (χ2v) is 4.48. The molecule has 2 heterocycles. The van der Waals surface area contributed by atoms with Crippen molar-refractivity contribution in [2.24, 2.45) is 5.73 Å². The quantitative estimate of drug-likeness (QED) is 0.487. The molecule has 0 saturated carbocycles. The van der Waals surface area contributed by atoms with Crippen LogP contribution in [-0.4, -0.2) is 20.8 Å². The van der Waals surface area contributed by atoms with Gasteiger partial charge in [0.25, 0.3) is 0 Å². The van der Waals surface area contributed by atoms with E-state index in [0.717, 1.165) is 10.5 Å². The Morgan fingerprint density at radius 1 is 1.18 bits per heavy atom. The summed E-state index contributed by atoms with van der Waals surface area (Å²) >= 11 is 1.42. The van der Waals surface area contributed by atoms with Crippen LogP contribution in [0.3, 0.4) is 0 Å². The summed E-state index contributed by atoms with van der Waals surface area (Å²) in [4.78, 5) is 13.4. The van der Waals surface area contributed by atoms with Gasteiger partial charge in [0.1, 0.15) is 11.5 Å². The van der Waals surface area contributed by atoms with Crippen molar-refractivity contribution >= 4 is 17.6 Å². The largest absolute Gasteiger partial charge is 0.382 e. The van der Waals surface area contributed by atoms with E-state index in [9.17, 15) is 0 Å². The predicted molar refractivity (Wildman–Crippen MR) is 66.1 cm³/mol. The van der Waals surface area contributed by atoms with Crippen LogP contribution < -0.4 is 5.73 Å². The molecule has 6 heteroatoms. The molecule has 0 atom stereocenters. The number of aryl methyl sites for hydroxylation is 1. The van der Waals surface area contributed by atoms with Gasteiger partial charge in [-0.15, -0.1) is 0 Å². The zero-order valence-corrected chi connectivity index (χ0v) is 10.0. The summed E-state index contributed by atoms with van der Waals surface area (Å²) < 4.78 is 0. The first-order chi connectivity index (χ1) is 8.15. The number of aromatic nitrogens is 3. The number of hydrogen-bond acceptors (Lipinski definition) is 5. The second-order valence-electron chi connectivity index (χ2n) is 3.44.